The highest BCUT2D eigenvalue weighted by atomic mass is 16.4. The van der Waals surface area contributed by atoms with Gasteiger partial charge in [-0.15, -0.1) is 16.1 Å². The molecule has 0 fully saturated rings. The fourth-order valence-electron chi connectivity index (χ4n) is 2.62. The van der Waals surface area contributed by atoms with Gasteiger partial charge < -0.3 is 14.2 Å². The maximum Gasteiger partial charge on any atom is 0.283 e. The fraction of sp³-hybridized carbons (Fsp3) is 0.0455. The largest absolute Gasteiger partial charge is 0.459 e. The number of nitrogens with zero attached hydrogens (tertiary/aromatic N) is 2. The third-order valence-corrected chi connectivity index (χ3v) is 3.94. The van der Waals surface area contributed by atoms with Gasteiger partial charge in [0, 0.05) is 22.4 Å². The average molecular weight is 369 g/mol. The van der Waals surface area contributed by atoms with Crippen molar-refractivity contribution < 1.29 is 13.6 Å². The number of nitrogens with one attached hydrogen (secondary N) is 1. The lowest BCUT2D eigenvalue weighted by molar-refractivity contribution is 0.102. The van der Waals surface area contributed by atoms with Crippen LogP contribution in [0.25, 0.3) is 23.1 Å². The molecule has 0 radical (unpaired) electrons. The first-order chi connectivity index (χ1) is 13.7. The zero-order valence-electron chi connectivity index (χ0n) is 15.0. The van der Waals surface area contributed by atoms with Gasteiger partial charge in [-0.2, -0.15) is 0 Å². The third kappa shape index (κ3) is 3.69. The third-order valence-electron chi connectivity index (χ3n) is 3.94. The molecular formula is C22H15N3O3. The van der Waals surface area contributed by atoms with Crippen LogP contribution in [0.1, 0.15) is 22.8 Å². The number of carbonyl (C=O) groups is 1. The molecule has 0 aliphatic rings. The van der Waals surface area contributed by atoms with E-state index in [1.807, 2.05) is 24.3 Å². The number of furan rings is 1. The standard InChI is InChI=1S/C22H15N3O3/c1-2-5-15-9-11-16(12-10-15)20(26)23-18-7-3-6-17(14-18)21-24-25-22(28-21)19-8-4-13-27-19/h3-4,6-14H,1H3,(H,23,26). The molecular weight excluding hydrogens is 354 g/mol. The van der Waals surface area contributed by atoms with Gasteiger partial charge in [0.15, 0.2) is 5.76 Å². The monoisotopic (exact) mass is 369 g/mol. The van der Waals surface area contributed by atoms with Crippen molar-refractivity contribution in [3.05, 3.63) is 78.1 Å². The number of hydrogen-bond acceptors (Lipinski definition) is 5. The van der Waals surface area contributed by atoms with E-state index in [1.165, 1.54) is 6.26 Å². The smallest absolute Gasteiger partial charge is 0.283 e. The van der Waals surface area contributed by atoms with E-state index in [0.717, 1.165) is 5.56 Å². The summed E-state index contributed by atoms with van der Waals surface area (Å²) in [7, 11) is 0. The maximum atomic E-state index is 12.5. The Morgan fingerprint density at radius 1 is 1.00 bits per heavy atom. The molecule has 0 saturated heterocycles. The molecule has 2 aromatic carbocycles. The second-order valence-electron chi connectivity index (χ2n) is 5.88. The lowest BCUT2D eigenvalue weighted by atomic mass is 10.1. The number of carbonyl (C=O) groups excluding carboxylic acids is 1. The van der Waals surface area contributed by atoms with Crippen LogP contribution in [0.3, 0.4) is 0 Å². The summed E-state index contributed by atoms with van der Waals surface area (Å²) >= 11 is 0. The summed E-state index contributed by atoms with van der Waals surface area (Å²) in [6, 6.07) is 17.8. The number of anilines is 1. The summed E-state index contributed by atoms with van der Waals surface area (Å²) < 4.78 is 10.9. The van der Waals surface area contributed by atoms with Crippen LogP contribution in [-0.4, -0.2) is 16.1 Å². The maximum absolute atomic E-state index is 12.5. The van der Waals surface area contributed by atoms with Gasteiger partial charge in [0.2, 0.25) is 5.89 Å². The first-order valence-corrected chi connectivity index (χ1v) is 8.55. The highest BCUT2D eigenvalue weighted by molar-refractivity contribution is 6.04. The number of rotatable bonds is 4. The van der Waals surface area contributed by atoms with Gasteiger partial charge in [-0.3, -0.25) is 4.79 Å². The van der Waals surface area contributed by atoms with Crippen molar-refractivity contribution in [2.45, 2.75) is 6.92 Å². The molecule has 28 heavy (non-hydrogen) atoms. The number of hydrogen-bond donors (Lipinski definition) is 1. The normalized spacial score (nSPS) is 10.2. The van der Waals surface area contributed by atoms with Crippen LogP contribution in [0.5, 0.6) is 0 Å². The van der Waals surface area contributed by atoms with Gasteiger partial charge in [-0.25, -0.2) is 0 Å². The molecule has 2 heterocycles. The summed E-state index contributed by atoms with van der Waals surface area (Å²) in [6.45, 7) is 1.77. The van der Waals surface area contributed by atoms with Crippen LogP contribution in [0.2, 0.25) is 0 Å². The minimum atomic E-state index is -0.213. The van der Waals surface area contributed by atoms with Gasteiger partial charge in [-0.05, 0) is 61.5 Å². The van der Waals surface area contributed by atoms with E-state index >= 15 is 0 Å². The molecule has 0 spiro atoms. The van der Waals surface area contributed by atoms with Gasteiger partial charge in [0.05, 0.1) is 6.26 Å². The second kappa shape index (κ2) is 7.64. The molecule has 0 saturated carbocycles. The molecule has 1 N–H and O–H groups in total. The Balaban J connectivity index is 1.52. The van der Waals surface area contributed by atoms with Gasteiger partial charge in [0.25, 0.3) is 11.8 Å². The Kier molecular flexibility index (Phi) is 4.72. The molecule has 0 unspecified atom stereocenters. The molecule has 6 nitrogen and oxygen atoms in total. The van der Waals surface area contributed by atoms with Crippen molar-refractivity contribution in [3.8, 4) is 34.9 Å². The molecule has 0 bridgehead atoms. The minimum absolute atomic E-state index is 0.213. The minimum Gasteiger partial charge on any atom is -0.459 e. The predicted molar refractivity (Wildman–Crippen MR) is 104 cm³/mol. The Hall–Kier alpha value is -4.11. The van der Waals surface area contributed by atoms with E-state index < -0.39 is 0 Å². The molecule has 4 rings (SSSR count). The van der Waals surface area contributed by atoms with Gasteiger partial charge >= 0.3 is 0 Å². The Morgan fingerprint density at radius 2 is 1.82 bits per heavy atom. The van der Waals surface area contributed by atoms with E-state index in [4.69, 9.17) is 8.83 Å². The molecule has 0 aliphatic heterocycles. The molecule has 4 aromatic rings. The van der Waals surface area contributed by atoms with Crippen LogP contribution in [0.4, 0.5) is 5.69 Å². The van der Waals surface area contributed by atoms with E-state index in [9.17, 15) is 4.79 Å². The van der Waals surface area contributed by atoms with Gasteiger partial charge in [-0.1, -0.05) is 12.0 Å². The van der Waals surface area contributed by atoms with E-state index in [2.05, 4.69) is 27.4 Å². The Labute approximate surface area is 161 Å². The summed E-state index contributed by atoms with van der Waals surface area (Å²) in [5.74, 6) is 6.70. The quantitative estimate of drug-likeness (QED) is 0.531. The molecule has 0 atom stereocenters. The molecule has 136 valence electrons. The predicted octanol–water partition coefficient (Wildman–Crippen LogP) is 4.62. The number of benzene rings is 2. The second-order valence-corrected chi connectivity index (χ2v) is 5.88. The van der Waals surface area contributed by atoms with Crippen LogP contribution in [0.15, 0.2) is 75.8 Å². The SMILES string of the molecule is CC#Cc1ccc(C(=O)Nc2cccc(-c3nnc(-c4ccco4)o3)c2)cc1. The molecule has 0 aliphatic carbocycles. The van der Waals surface area contributed by atoms with Crippen LogP contribution < -0.4 is 5.32 Å². The Morgan fingerprint density at radius 3 is 2.57 bits per heavy atom. The van der Waals surface area contributed by atoms with E-state index in [-0.39, 0.29) is 5.91 Å². The number of amides is 1. The summed E-state index contributed by atoms with van der Waals surface area (Å²) in [5, 5.41) is 10.9. The van der Waals surface area contributed by atoms with Crippen molar-refractivity contribution in [1.29, 1.82) is 0 Å². The molecule has 6 heteroatoms. The van der Waals surface area contributed by atoms with Crippen LogP contribution in [-0.2, 0) is 0 Å². The van der Waals surface area contributed by atoms with Crippen molar-refractivity contribution in [3.63, 3.8) is 0 Å². The van der Waals surface area contributed by atoms with Crippen molar-refractivity contribution in [1.82, 2.24) is 10.2 Å². The first kappa shape index (κ1) is 17.3. The van der Waals surface area contributed by atoms with Crippen molar-refractivity contribution in [2.24, 2.45) is 0 Å². The average Bonchev–Trinajstić information content (AvgIpc) is 3.41. The van der Waals surface area contributed by atoms with Crippen LogP contribution in [0, 0.1) is 11.8 Å². The Bertz CT molecular complexity index is 1160. The van der Waals surface area contributed by atoms with E-state index in [0.29, 0.717) is 34.4 Å². The fourth-order valence-corrected chi connectivity index (χ4v) is 2.62. The van der Waals surface area contributed by atoms with E-state index in [1.54, 1.807) is 43.3 Å². The molecule has 2 aromatic heterocycles. The lowest BCUT2D eigenvalue weighted by Crippen LogP contribution is -2.11. The van der Waals surface area contributed by atoms with Crippen molar-refractivity contribution >= 4 is 11.6 Å². The molecule has 1 amide bonds. The summed E-state index contributed by atoms with van der Waals surface area (Å²) in [5.41, 5.74) is 2.73. The zero-order chi connectivity index (χ0) is 19.3. The number of aromatic nitrogens is 2. The zero-order valence-corrected chi connectivity index (χ0v) is 15.0. The van der Waals surface area contributed by atoms with Crippen molar-refractivity contribution in [2.75, 3.05) is 5.32 Å². The highest BCUT2D eigenvalue weighted by Crippen LogP contribution is 2.26. The van der Waals surface area contributed by atoms with Crippen LogP contribution >= 0.6 is 0 Å². The highest BCUT2D eigenvalue weighted by Gasteiger charge is 2.13. The summed E-state index contributed by atoms with van der Waals surface area (Å²) in [4.78, 5) is 12.5. The summed E-state index contributed by atoms with van der Waals surface area (Å²) in [6.07, 6.45) is 1.54. The topological polar surface area (TPSA) is 81.2 Å². The van der Waals surface area contributed by atoms with Gasteiger partial charge in [0.1, 0.15) is 0 Å². The lowest BCUT2D eigenvalue weighted by Gasteiger charge is -2.06. The first-order valence-electron chi connectivity index (χ1n) is 8.55.